The SMILES string of the molecule is NS(=O)(=O)c1ccc(N2C(=O)CC(N(Cc3cccs3)C(=O)c3ccccc3F)C2=O)cc1. The second kappa shape index (κ2) is 8.85. The first-order valence-electron chi connectivity index (χ1n) is 9.74. The zero-order valence-corrected chi connectivity index (χ0v) is 18.7. The number of nitrogens with two attached hydrogens (primary N) is 1. The van der Waals surface area contributed by atoms with E-state index in [1.165, 1.54) is 58.7 Å². The van der Waals surface area contributed by atoms with Gasteiger partial charge in [-0.25, -0.2) is 22.8 Å². The average Bonchev–Trinajstić information content (AvgIpc) is 3.39. The first-order valence-corrected chi connectivity index (χ1v) is 12.2. The van der Waals surface area contributed by atoms with Gasteiger partial charge in [-0.3, -0.25) is 14.4 Å². The van der Waals surface area contributed by atoms with E-state index in [0.29, 0.717) is 0 Å². The van der Waals surface area contributed by atoms with Crippen LogP contribution >= 0.6 is 11.3 Å². The van der Waals surface area contributed by atoms with Crippen molar-refractivity contribution in [2.45, 2.75) is 23.9 Å². The zero-order valence-electron chi connectivity index (χ0n) is 17.0. The number of carbonyl (C=O) groups is 3. The molecule has 1 unspecified atom stereocenters. The molecule has 2 N–H and O–H groups in total. The molecule has 0 aliphatic carbocycles. The Labute approximate surface area is 193 Å². The van der Waals surface area contributed by atoms with Crippen molar-refractivity contribution in [3.05, 3.63) is 82.3 Å². The summed E-state index contributed by atoms with van der Waals surface area (Å²) < 4.78 is 37.3. The number of nitrogens with zero attached hydrogens (tertiary/aromatic N) is 2. The second-order valence-corrected chi connectivity index (χ2v) is 9.91. The minimum Gasteiger partial charge on any atom is -0.321 e. The molecule has 0 bridgehead atoms. The Hall–Kier alpha value is -3.41. The number of primary sulfonamides is 1. The molecule has 8 nitrogen and oxygen atoms in total. The Bertz CT molecular complexity index is 1320. The van der Waals surface area contributed by atoms with Crippen molar-refractivity contribution in [2.75, 3.05) is 4.90 Å². The molecule has 4 rings (SSSR count). The van der Waals surface area contributed by atoms with Crippen LogP contribution in [0.4, 0.5) is 10.1 Å². The highest BCUT2D eigenvalue weighted by atomic mass is 32.2. The first kappa shape index (κ1) is 22.8. The van der Waals surface area contributed by atoms with Crippen LogP contribution in [-0.4, -0.2) is 37.1 Å². The van der Waals surface area contributed by atoms with Gasteiger partial charge in [-0.05, 0) is 47.8 Å². The van der Waals surface area contributed by atoms with E-state index in [4.69, 9.17) is 5.14 Å². The quantitative estimate of drug-likeness (QED) is 0.536. The molecule has 1 aliphatic rings. The second-order valence-electron chi connectivity index (χ2n) is 7.32. The van der Waals surface area contributed by atoms with Gasteiger partial charge in [-0.2, -0.15) is 0 Å². The van der Waals surface area contributed by atoms with Gasteiger partial charge in [0.15, 0.2) is 0 Å². The summed E-state index contributed by atoms with van der Waals surface area (Å²) in [7, 11) is -3.95. The molecule has 1 aliphatic heterocycles. The monoisotopic (exact) mass is 487 g/mol. The lowest BCUT2D eigenvalue weighted by Crippen LogP contribution is -2.45. The summed E-state index contributed by atoms with van der Waals surface area (Å²) in [4.78, 5) is 42.0. The van der Waals surface area contributed by atoms with Crippen LogP contribution in [0.3, 0.4) is 0 Å². The lowest BCUT2D eigenvalue weighted by atomic mass is 10.1. The van der Waals surface area contributed by atoms with E-state index in [-0.39, 0.29) is 29.1 Å². The Morgan fingerprint density at radius 1 is 1.09 bits per heavy atom. The summed E-state index contributed by atoms with van der Waals surface area (Å²) in [6, 6.07) is 12.8. The van der Waals surface area contributed by atoms with Crippen molar-refractivity contribution in [1.29, 1.82) is 0 Å². The molecule has 0 saturated carbocycles. The third-order valence-corrected chi connectivity index (χ3v) is 6.98. The highest BCUT2D eigenvalue weighted by molar-refractivity contribution is 7.89. The van der Waals surface area contributed by atoms with Crippen LogP contribution in [0, 0.1) is 5.82 Å². The lowest BCUT2D eigenvalue weighted by Gasteiger charge is -2.27. The van der Waals surface area contributed by atoms with Crippen LogP contribution in [0.5, 0.6) is 0 Å². The van der Waals surface area contributed by atoms with Gasteiger partial charge in [0.25, 0.3) is 11.8 Å². The van der Waals surface area contributed by atoms with Crippen molar-refractivity contribution in [3.8, 4) is 0 Å². The van der Waals surface area contributed by atoms with E-state index < -0.39 is 39.6 Å². The summed E-state index contributed by atoms with van der Waals surface area (Å²) in [6.45, 7) is 0.0206. The molecule has 1 atom stereocenters. The van der Waals surface area contributed by atoms with E-state index in [1.54, 1.807) is 12.1 Å². The summed E-state index contributed by atoms with van der Waals surface area (Å²) >= 11 is 1.36. The smallest absolute Gasteiger partial charge is 0.257 e. The van der Waals surface area contributed by atoms with Gasteiger partial charge < -0.3 is 4.90 Å². The van der Waals surface area contributed by atoms with Gasteiger partial charge in [0, 0.05) is 4.88 Å². The van der Waals surface area contributed by atoms with Crippen LogP contribution in [0.1, 0.15) is 21.7 Å². The van der Waals surface area contributed by atoms with Crippen molar-refractivity contribution in [2.24, 2.45) is 5.14 Å². The number of rotatable bonds is 6. The standard InChI is InChI=1S/C22H18FN3O5S2/c23-18-6-2-1-5-17(18)21(28)25(13-15-4-3-11-32-15)19-12-20(27)26(22(19)29)14-7-9-16(10-8-14)33(24,30)31/h1-11,19H,12-13H2,(H2,24,30,31). The van der Waals surface area contributed by atoms with Crippen molar-refractivity contribution >= 4 is 44.8 Å². The molecule has 1 aromatic heterocycles. The fourth-order valence-corrected chi connectivity index (χ4v) is 4.82. The highest BCUT2D eigenvalue weighted by Crippen LogP contribution is 2.29. The molecule has 2 heterocycles. The minimum atomic E-state index is -3.95. The average molecular weight is 488 g/mol. The van der Waals surface area contributed by atoms with Gasteiger partial charge >= 0.3 is 0 Å². The van der Waals surface area contributed by atoms with Gasteiger partial charge in [0.2, 0.25) is 15.9 Å². The molecule has 11 heteroatoms. The fraction of sp³-hybridized carbons (Fsp3) is 0.136. The lowest BCUT2D eigenvalue weighted by molar-refractivity contribution is -0.122. The predicted molar refractivity (Wildman–Crippen MR) is 119 cm³/mol. The minimum absolute atomic E-state index is 0.0206. The number of carbonyl (C=O) groups excluding carboxylic acids is 3. The van der Waals surface area contributed by atoms with Gasteiger partial charge in [0.05, 0.1) is 29.1 Å². The van der Waals surface area contributed by atoms with E-state index in [0.717, 1.165) is 15.8 Å². The number of halogens is 1. The van der Waals surface area contributed by atoms with Crippen LogP contribution in [0.2, 0.25) is 0 Å². The number of benzene rings is 2. The summed E-state index contributed by atoms with van der Waals surface area (Å²) in [5.74, 6) is -2.67. The van der Waals surface area contributed by atoms with Gasteiger partial charge in [0.1, 0.15) is 11.9 Å². The highest BCUT2D eigenvalue weighted by Gasteiger charge is 2.45. The molecule has 0 radical (unpaired) electrons. The van der Waals surface area contributed by atoms with E-state index in [1.807, 2.05) is 5.38 Å². The van der Waals surface area contributed by atoms with Crippen LogP contribution < -0.4 is 10.0 Å². The summed E-state index contributed by atoms with van der Waals surface area (Å²) in [6.07, 6.45) is -0.290. The third kappa shape index (κ3) is 4.56. The van der Waals surface area contributed by atoms with Crippen molar-refractivity contribution in [3.63, 3.8) is 0 Å². The topological polar surface area (TPSA) is 118 Å². The normalized spacial score (nSPS) is 16.3. The molecule has 3 amide bonds. The number of anilines is 1. The van der Waals surface area contributed by atoms with Crippen LogP contribution in [0.15, 0.2) is 70.9 Å². The van der Waals surface area contributed by atoms with E-state index >= 15 is 0 Å². The Balaban J connectivity index is 1.68. The molecule has 0 spiro atoms. The molecular weight excluding hydrogens is 469 g/mol. The van der Waals surface area contributed by atoms with Crippen molar-refractivity contribution in [1.82, 2.24) is 4.90 Å². The number of sulfonamides is 1. The molecular formula is C22H18FN3O5S2. The number of imide groups is 1. The number of amides is 3. The van der Waals surface area contributed by atoms with Crippen molar-refractivity contribution < 1.29 is 27.2 Å². The maximum absolute atomic E-state index is 14.3. The predicted octanol–water partition coefficient (Wildman–Crippen LogP) is 2.51. The van der Waals surface area contributed by atoms with Gasteiger partial charge in [-0.15, -0.1) is 11.3 Å². The molecule has 170 valence electrons. The van der Waals surface area contributed by atoms with Crippen LogP contribution in [0.25, 0.3) is 0 Å². The van der Waals surface area contributed by atoms with E-state index in [9.17, 15) is 27.2 Å². The fourth-order valence-electron chi connectivity index (χ4n) is 3.60. The van der Waals surface area contributed by atoms with Crippen LogP contribution in [-0.2, 0) is 26.2 Å². The Kier molecular flexibility index (Phi) is 6.11. The number of thiophene rings is 1. The summed E-state index contributed by atoms with van der Waals surface area (Å²) in [5, 5.41) is 6.90. The molecule has 3 aromatic rings. The van der Waals surface area contributed by atoms with E-state index in [2.05, 4.69) is 0 Å². The Morgan fingerprint density at radius 2 is 1.79 bits per heavy atom. The van der Waals surface area contributed by atoms with Gasteiger partial charge in [-0.1, -0.05) is 18.2 Å². The molecule has 1 saturated heterocycles. The number of hydrogen-bond acceptors (Lipinski definition) is 6. The summed E-state index contributed by atoms with van der Waals surface area (Å²) in [5.41, 5.74) is -0.0559. The molecule has 1 fully saturated rings. The first-order chi connectivity index (χ1) is 15.7. The maximum Gasteiger partial charge on any atom is 0.257 e. The maximum atomic E-state index is 14.3. The molecule has 33 heavy (non-hydrogen) atoms. The largest absolute Gasteiger partial charge is 0.321 e. The number of hydrogen-bond donors (Lipinski definition) is 1. The Morgan fingerprint density at radius 3 is 2.39 bits per heavy atom. The zero-order chi connectivity index (χ0) is 23.8. The third-order valence-electron chi connectivity index (χ3n) is 5.19. The molecule has 2 aromatic carbocycles.